The lowest BCUT2D eigenvalue weighted by Gasteiger charge is -2.15. The summed E-state index contributed by atoms with van der Waals surface area (Å²) in [4.78, 5) is 38.9. The lowest BCUT2D eigenvalue weighted by Crippen LogP contribution is -2.29. The van der Waals surface area contributed by atoms with Crippen molar-refractivity contribution in [3.63, 3.8) is 0 Å². The molecule has 0 aliphatic carbocycles. The van der Waals surface area contributed by atoms with Crippen molar-refractivity contribution >= 4 is 46.7 Å². The van der Waals surface area contributed by atoms with Crippen molar-refractivity contribution < 1.29 is 19.1 Å². The van der Waals surface area contributed by atoms with Gasteiger partial charge >= 0.3 is 5.97 Å². The van der Waals surface area contributed by atoms with E-state index in [0.717, 1.165) is 30.6 Å². The number of rotatable bonds is 8. The summed E-state index contributed by atoms with van der Waals surface area (Å²) in [5.74, 6) is -1.57. The molecule has 2 aromatic rings. The molecule has 0 bridgehead atoms. The van der Waals surface area contributed by atoms with E-state index < -0.39 is 17.8 Å². The van der Waals surface area contributed by atoms with Crippen LogP contribution in [0.1, 0.15) is 70.1 Å². The zero-order valence-electron chi connectivity index (χ0n) is 16.0. The first-order chi connectivity index (χ1) is 14.0. The van der Waals surface area contributed by atoms with Gasteiger partial charge in [-0.25, -0.2) is 9.69 Å². The van der Waals surface area contributed by atoms with E-state index >= 15 is 0 Å². The van der Waals surface area contributed by atoms with Gasteiger partial charge in [-0.05, 0) is 36.8 Å². The van der Waals surface area contributed by atoms with Crippen LogP contribution in [0.25, 0.3) is 0 Å². The van der Waals surface area contributed by atoms with Gasteiger partial charge in [0.15, 0.2) is 0 Å². The lowest BCUT2D eigenvalue weighted by atomic mass is 10.1. The van der Waals surface area contributed by atoms with Crippen LogP contribution >= 0.6 is 23.2 Å². The topological polar surface area (TPSA) is 63.7 Å². The van der Waals surface area contributed by atoms with Crippen LogP contribution in [-0.2, 0) is 4.74 Å². The van der Waals surface area contributed by atoms with E-state index in [9.17, 15) is 14.4 Å². The fraction of sp³-hybridized carbons (Fsp3) is 0.318. The fourth-order valence-electron chi connectivity index (χ4n) is 3.21. The first kappa shape index (κ1) is 21.3. The standard InChI is InChI=1S/C22H21Cl2NO4/c1-2-3-4-5-6-12-29-22(28)14-10-11-15-16(13-14)21(27)25(20(15)26)18-9-7-8-17(23)19(18)24/h7-11,13H,2-6,12H2,1H3. The molecule has 0 unspecified atom stereocenters. The predicted molar refractivity (Wildman–Crippen MR) is 113 cm³/mol. The number of carbonyl (C=O) groups is 3. The number of fused-ring (bicyclic) bond motifs is 1. The third-order valence-electron chi connectivity index (χ3n) is 4.78. The summed E-state index contributed by atoms with van der Waals surface area (Å²) in [5.41, 5.74) is 0.796. The van der Waals surface area contributed by atoms with Crippen molar-refractivity contribution in [2.75, 3.05) is 11.5 Å². The number of anilines is 1. The Labute approximate surface area is 179 Å². The second-order valence-corrected chi connectivity index (χ2v) is 7.61. The van der Waals surface area contributed by atoms with Gasteiger partial charge in [-0.3, -0.25) is 9.59 Å². The van der Waals surface area contributed by atoms with Crippen LogP contribution in [0.4, 0.5) is 5.69 Å². The third kappa shape index (κ3) is 4.46. The molecule has 29 heavy (non-hydrogen) atoms. The van der Waals surface area contributed by atoms with Crippen LogP contribution < -0.4 is 4.90 Å². The van der Waals surface area contributed by atoms with Crippen molar-refractivity contribution in [1.82, 2.24) is 0 Å². The molecule has 0 atom stereocenters. The van der Waals surface area contributed by atoms with Gasteiger partial charge in [0.1, 0.15) is 0 Å². The van der Waals surface area contributed by atoms with E-state index in [2.05, 4.69) is 6.92 Å². The number of nitrogens with zero attached hydrogens (tertiary/aromatic N) is 1. The van der Waals surface area contributed by atoms with Gasteiger partial charge in [0.05, 0.1) is 39.0 Å². The molecular weight excluding hydrogens is 413 g/mol. The minimum absolute atomic E-state index is 0.117. The number of ether oxygens (including phenoxy) is 1. The Morgan fingerprint density at radius 3 is 2.45 bits per heavy atom. The van der Waals surface area contributed by atoms with E-state index in [4.69, 9.17) is 27.9 Å². The quantitative estimate of drug-likeness (QED) is 0.294. The number of hydrogen-bond acceptors (Lipinski definition) is 4. The maximum absolute atomic E-state index is 12.9. The lowest BCUT2D eigenvalue weighted by molar-refractivity contribution is 0.0497. The van der Waals surface area contributed by atoms with Crippen molar-refractivity contribution in [3.05, 3.63) is 63.1 Å². The SMILES string of the molecule is CCCCCCCOC(=O)c1ccc2c(c1)C(=O)N(c1cccc(Cl)c1Cl)C2=O. The van der Waals surface area contributed by atoms with Crippen molar-refractivity contribution in [3.8, 4) is 0 Å². The highest BCUT2D eigenvalue weighted by Gasteiger charge is 2.38. The van der Waals surface area contributed by atoms with Gasteiger partial charge in [0.2, 0.25) is 0 Å². The molecule has 0 fully saturated rings. The molecule has 1 aliphatic heterocycles. The number of hydrogen-bond donors (Lipinski definition) is 0. The Hall–Kier alpha value is -2.37. The Balaban J connectivity index is 1.74. The van der Waals surface area contributed by atoms with Crippen LogP contribution in [-0.4, -0.2) is 24.4 Å². The molecule has 2 amide bonds. The molecule has 0 aromatic heterocycles. The molecule has 0 saturated heterocycles. The molecule has 1 aliphatic rings. The average molecular weight is 434 g/mol. The molecule has 7 heteroatoms. The Morgan fingerprint density at radius 2 is 1.69 bits per heavy atom. The monoisotopic (exact) mass is 433 g/mol. The molecule has 3 rings (SSSR count). The van der Waals surface area contributed by atoms with Gasteiger partial charge in [-0.1, -0.05) is 61.9 Å². The first-order valence-electron chi connectivity index (χ1n) is 9.59. The summed E-state index contributed by atoms with van der Waals surface area (Å²) in [7, 11) is 0. The molecule has 0 radical (unpaired) electrons. The van der Waals surface area contributed by atoms with E-state index in [0.29, 0.717) is 6.61 Å². The second kappa shape index (κ2) is 9.42. The molecule has 0 spiro atoms. The Morgan fingerprint density at radius 1 is 0.966 bits per heavy atom. The number of imide groups is 1. The van der Waals surface area contributed by atoms with E-state index in [1.807, 2.05) is 0 Å². The summed E-state index contributed by atoms with van der Waals surface area (Å²) in [5, 5.41) is 0.357. The highest BCUT2D eigenvalue weighted by Crippen LogP contribution is 2.37. The van der Waals surface area contributed by atoms with Crippen LogP contribution in [0.5, 0.6) is 0 Å². The molecule has 152 valence electrons. The number of benzene rings is 2. The molecule has 0 N–H and O–H groups in total. The number of esters is 1. The van der Waals surface area contributed by atoms with Gasteiger partial charge in [0, 0.05) is 0 Å². The fourth-order valence-corrected chi connectivity index (χ4v) is 3.59. The smallest absolute Gasteiger partial charge is 0.338 e. The summed E-state index contributed by atoms with van der Waals surface area (Å²) in [6.45, 7) is 2.47. The number of carbonyl (C=O) groups excluding carboxylic acids is 3. The molecular formula is C22H21Cl2NO4. The minimum Gasteiger partial charge on any atom is -0.462 e. The largest absolute Gasteiger partial charge is 0.462 e. The van der Waals surface area contributed by atoms with Crippen molar-refractivity contribution in [2.45, 2.75) is 39.0 Å². The van der Waals surface area contributed by atoms with Crippen LogP contribution in [0.2, 0.25) is 10.0 Å². The minimum atomic E-state index is -0.552. The Bertz CT molecular complexity index is 958. The van der Waals surface area contributed by atoms with Crippen LogP contribution in [0.3, 0.4) is 0 Å². The third-order valence-corrected chi connectivity index (χ3v) is 5.58. The molecule has 5 nitrogen and oxygen atoms in total. The normalized spacial score (nSPS) is 13.0. The summed E-state index contributed by atoms with van der Waals surface area (Å²) >= 11 is 12.2. The highest BCUT2D eigenvalue weighted by atomic mass is 35.5. The highest BCUT2D eigenvalue weighted by molar-refractivity contribution is 6.46. The number of unbranched alkanes of at least 4 members (excludes halogenated alkanes) is 4. The van der Waals surface area contributed by atoms with Crippen molar-refractivity contribution in [1.29, 1.82) is 0 Å². The summed E-state index contributed by atoms with van der Waals surface area (Å²) in [6, 6.07) is 9.08. The van der Waals surface area contributed by atoms with E-state index in [1.165, 1.54) is 24.6 Å². The zero-order chi connectivity index (χ0) is 21.0. The second-order valence-electron chi connectivity index (χ2n) is 6.83. The predicted octanol–water partition coefficient (Wildman–Crippen LogP) is 5.92. The number of amides is 2. The maximum atomic E-state index is 12.9. The van der Waals surface area contributed by atoms with Gasteiger partial charge in [-0.15, -0.1) is 0 Å². The maximum Gasteiger partial charge on any atom is 0.338 e. The van der Waals surface area contributed by atoms with Gasteiger partial charge in [-0.2, -0.15) is 0 Å². The Kier molecular flexibility index (Phi) is 6.93. The van der Waals surface area contributed by atoms with Gasteiger partial charge in [0.25, 0.3) is 11.8 Å². The van der Waals surface area contributed by atoms with E-state index in [-0.39, 0.29) is 32.4 Å². The van der Waals surface area contributed by atoms with E-state index in [1.54, 1.807) is 18.2 Å². The number of halogens is 2. The summed E-state index contributed by atoms with van der Waals surface area (Å²) in [6.07, 6.45) is 5.25. The van der Waals surface area contributed by atoms with Crippen LogP contribution in [0.15, 0.2) is 36.4 Å². The zero-order valence-corrected chi connectivity index (χ0v) is 17.6. The first-order valence-corrected chi connectivity index (χ1v) is 10.3. The molecule has 0 saturated carbocycles. The van der Waals surface area contributed by atoms with Crippen molar-refractivity contribution in [2.24, 2.45) is 0 Å². The average Bonchev–Trinajstić information content (AvgIpc) is 2.96. The molecule has 2 aromatic carbocycles. The van der Waals surface area contributed by atoms with Crippen LogP contribution in [0, 0.1) is 0 Å². The van der Waals surface area contributed by atoms with Gasteiger partial charge < -0.3 is 4.74 Å². The molecule has 1 heterocycles. The summed E-state index contributed by atoms with van der Waals surface area (Å²) < 4.78 is 5.29.